The van der Waals surface area contributed by atoms with Crippen molar-refractivity contribution in [3.05, 3.63) is 91.0 Å². The van der Waals surface area contributed by atoms with E-state index in [1.54, 1.807) is 0 Å². The van der Waals surface area contributed by atoms with Crippen LogP contribution in [0.1, 0.15) is 39.5 Å². The van der Waals surface area contributed by atoms with Gasteiger partial charge in [-0.15, -0.1) is 0 Å². The normalized spacial score (nSPS) is 20.2. The van der Waals surface area contributed by atoms with E-state index < -0.39 is 14.1 Å². The van der Waals surface area contributed by atoms with Gasteiger partial charge in [-0.25, -0.2) is 0 Å². The molecule has 5 nitrogen and oxygen atoms in total. The van der Waals surface area contributed by atoms with E-state index in [2.05, 4.69) is 94.5 Å². The van der Waals surface area contributed by atoms with Crippen LogP contribution in [0.2, 0.25) is 0 Å². The lowest BCUT2D eigenvalue weighted by atomic mass is 9.90. The molecule has 3 aromatic rings. The van der Waals surface area contributed by atoms with Gasteiger partial charge in [-0.2, -0.15) is 0 Å². The summed E-state index contributed by atoms with van der Waals surface area (Å²) in [6, 6.07) is 32.5. The molecule has 1 saturated carbocycles. The van der Waals surface area contributed by atoms with Gasteiger partial charge in [0.15, 0.2) is 5.11 Å². The maximum Gasteiger partial charge on any atom is 0.249 e. The quantitative estimate of drug-likeness (QED) is 0.252. The van der Waals surface area contributed by atoms with E-state index in [4.69, 9.17) is 16.7 Å². The summed E-state index contributed by atoms with van der Waals surface area (Å²) < 4.78 is 12.2. The van der Waals surface area contributed by atoms with Crippen LogP contribution >= 0.6 is 20.7 Å². The lowest BCUT2D eigenvalue weighted by molar-refractivity contribution is 0.131. The number of anilines is 3. The highest BCUT2D eigenvalue weighted by molar-refractivity contribution is 7.80. The zero-order valence-electron chi connectivity index (χ0n) is 21.0. The van der Waals surface area contributed by atoms with Crippen LogP contribution in [0.5, 0.6) is 0 Å². The number of nitrogens with zero attached hydrogens (tertiary/aromatic N) is 2. The molecule has 0 radical (unpaired) electrons. The number of fused-ring (bicyclic) bond motifs is 1. The van der Waals surface area contributed by atoms with E-state index in [0.29, 0.717) is 23.7 Å². The molecule has 188 valence electrons. The van der Waals surface area contributed by atoms with Gasteiger partial charge < -0.3 is 24.5 Å². The maximum absolute atomic E-state index is 7.09. The van der Waals surface area contributed by atoms with Crippen molar-refractivity contribution in [3.8, 4) is 0 Å². The molecule has 2 aliphatic rings. The van der Waals surface area contributed by atoms with Crippen LogP contribution in [0.4, 0.5) is 17.1 Å². The molecule has 0 bridgehead atoms. The van der Waals surface area contributed by atoms with E-state index in [1.807, 2.05) is 30.3 Å². The van der Waals surface area contributed by atoms with Crippen molar-refractivity contribution in [1.82, 2.24) is 5.32 Å². The highest BCUT2D eigenvalue weighted by Crippen LogP contribution is 2.62. The van der Waals surface area contributed by atoms with Crippen LogP contribution in [0, 0.1) is 0 Å². The smallest absolute Gasteiger partial charge is 0.249 e. The van der Waals surface area contributed by atoms with Crippen molar-refractivity contribution >= 4 is 42.8 Å². The lowest BCUT2D eigenvalue weighted by Gasteiger charge is -2.38. The summed E-state index contributed by atoms with van der Waals surface area (Å²) in [4.78, 5) is 0. The van der Waals surface area contributed by atoms with Gasteiger partial charge in [-0.3, -0.25) is 0 Å². The first kappa shape index (κ1) is 25.0. The molecule has 36 heavy (non-hydrogen) atoms. The minimum Gasteiger partial charge on any atom is -0.360 e. The van der Waals surface area contributed by atoms with Gasteiger partial charge in [-0.1, -0.05) is 67.4 Å². The third-order valence-corrected chi connectivity index (χ3v) is 9.46. The molecular weight excluding hydrogens is 483 g/mol. The maximum atomic E-state index is 7.09. The fourth-order valence-corrected chi connectivity index (χ4v) is 7.88. The zero-order chi connectivity index (χ0) is 25.0. The molecular formula is C29H35N4OPS. The summed E-state index contributed by atoms with van der Waals surface area (Å²) in [6.45, 7) is 4.91. The topological polar surface area (TPSA) is 39.8 Å². The Kier molecular flexibility index (Phi) is 7.76. The van der Waals surface area contributed by atoms with Crippen LogP contribution in [0.25, 0.3) is 0 Å². The molecule has 2 N–H and O–H groups in total. The number of hydrogen-bond acceptors (Lipinski definition) is 4. The Morgan fingerprint density at radius 2 is 1.31 bits per heavy atom. The molecule has 7 heteroatoms. The van der Waals surface area contributed by atoms with E-state index >= 15 is 0 Å². The van der Waals surface area contributed by atoms with Crippen molar-refractivity contribution in [2.75, 3.05) is 21.2 Å². The molecule has 0 amide bonds. The first-order chi connectivity index (χ1) is 17.5. The number of hydrogen-bond donors (Lipinski definition) is 2. The van der Waals surface area contributed by atoms with Crippen LogP contribution in [0.3, 0.4) is 0 Å². The number of thiocarbonyl (C=S) groups is 1. The monoisotopic (exact) mass is 518 g/mol. The van der Waals surface area contributed by atoms with Gasteiger partial charge in [0.2, 0.25) is 8.45 Å². The van der Waals surface area contributed by atoms with Gasteiger partial charge >= 0.3 is 0 Å². The van der Waals surface area contributed by atoms with Crippen molar-refractivity contribution in [2.45, 2.75) is 57.2 Å². The first-order valence-electron chi connectivity index (χ1n) is 12.8. The predicted octanol–water partition coefficient (Wildman–Crippen LogP) is 7.33. The second kappa shape index (κ2) is 11.2. The lowest BCUT2D eigenvalue weighted by Crippen LogP contribution is -2.42. The molecule has 5 rings (SSSR count). The minimum atomic E-state index is -1.08. The second-order valence-corrected chi connectivity index (χ2v) is 12.0. The Hall–Kier alpha value is -2.66. The third-order valence-electron chi connectivity index (χ3n) is 6.77. The van der Waals surface area contributed by atoms with Crippen LogP contribution in [-0.4, -0.2) is 29.3 Å². The molecule has 1 saturated heterocycles. The Labute approximate surface area is 221 Å². The van der Waals surface area contributed by atoms with E-state index in [1.165, 1.54) is 37.1 Å². The van der Waals surface area contributed by atoms with Crippen LogP contribution in [0.15, 0.2) is 91.0 Å². The molecule has 0 spiro atoms. The summed E-state index contributed by atoms with van der Waals surface area (Å²) in [7, 11) is -1.08. The number of nitrogens with one attached hydrogen (secondary N) is 2. The molecule has 0 aromatic heterocycles. The summed E-state index contributed by atoms with van der Waals surface area (Å²) >= 11 is 5.58. The number of benzene rings is 3. The van der Waals surface area contributed by atoms with Crippen molar-refractivity contribution in [1.29, 1.82) is 0 Å². The molecule has 1 aliphatic heterocycles. The summed E-state index contributed by atoms with van der Waals surface area (Å²) in [6.07, 6.45) is 4.91. The third kappa shape index (κ3) is 5.67. The van der Waals surface area contributed by atoms with Gasteiger partial charge in [0.05, 0.1) is 17.7 Å². The molecule has 0 unspecified atom stereocenters. The average molecular weight is 519 g/mol. The van der Waals surface area contributed by atoms with Crippen molar-refractivity contribution in [2.24, 2.45) is 0 Å². The molecule has 3 aromatic carbocycles. The number of rotatable bonds is 7. The minimum absolute atomic E-state index is 0.442. The fraction of sp³-hybridized carbons (Fsp3) is 0.345. The highest BCUT2D eigenvalue weighted by atomic mass is 32.1. The van der Waals surface area contributed by atoms with Crippen molar-refractivity contribution < 1.29 is 4.52 Å². The second-order valence-electron chi connectivity index (χ2n) is 10.1. The van der Waals surface area contributed by atoms with Gasteiger partial charge in [0.25, 0.3) is 0 Å². The standard InChI is InChI=1S/C29H35N4OPS/c1-29(2,22-30-28(36)31-23-14-6-3-7-15-23)34-35-32(24-16-8-4-9-17-24)26-20-12-13-21-27(26)33(35)25-18-10-5-11-19-25/h3-11,14-19,26-27H,12-13,20-22H2,1-2H3,(H2,30,31,36)/t26-,27-/m1/s1. The van der Waals surface area contributed by atoms with Crippen LogP contribution < -0.4 is 20.0 Å². The Balaban J connectivity index is 1.39. The van der Waals surface area contributed by atoms with Crippen LogP contribution in [-0.2, 0) is 4.52 Å². The largest absolute Gasteiger partial charge is 0.360 e. The summed E-state index contributed by atoms with van der Waals surface area (Å²) in [5.41, 5.74) is 3.01. The average Bonchev–Trinajstić information content (AvgIpc) is 3.22. The fourth-order valence-electron chi connectivity index (χ4n) is 5.09. The van der Waals surface area contributed by atoms with Gasteiger partial charge in [0, 0.05) is 23.6 Å². The highest BCUT2D eigenvalue weighted by Gasteiger charge is 2.51. The molecule has 2 atom stereocenters. The Morgan fingerprint density at radius 3 is 1.81 bits per heavy atom. The SMILES string of the molecule is CC(C)(CNC(=S)Nc1ccccc1)OP1N(c2ccccc2)[C@@H]2CCCC[C@H]2N1c1ccccc1. The molecule has 2 fully saturated rings. The van der Waals surface area contributed by atoms with E-state index in [-0.39, 0.29) is 0 Å². The first-order valence-corrected chi connectivity index (χ1v) is 14.4. The zero-order valence-corrected chi connectivity index (χ0v) is 22.7. The van der Waals surface area contributed by atoms with E-state index in [9.17, 15) is 0 Å². The molecule has 1 aliphatic carbocycles. The Morgan fingerprint density at radius 1 is 0.833 bits per heavy atom. The van der Waals surface area contributed by atoms with E-state index in [0.717, 1.165) is 5.69 Å². The predicted molar refractivity (Wildman–Crippen MR) is 157 cm³/mol. The Bertz CT molecular complexity index is 1080. The van der Waals surface area contributed by atoms with Gasteiger partial charge in [-0.05, 0) is 75.3 Å². The van der Waals surface area contributed by atoms with Gasteiger partial charge in [0.1, 0.15) is 0 Å². The summed E-state index contributed by atoms with van der Waals surface area (Å²) in [5.74, 6) is 0. The molecule has 1 heterocycles. The van der Waals surface area contributed by atoms with Crippen molar-refractivity contribution in [3.63, 3.8) is 0 Å². The number of para-hydroxylation sites is 3. The summed E-state index contributed by atoms with van der Waals surface area (Å²) in [5, 5.41) is 7.26.